The van der Waals surface area contributed by atoms with Crippen molar-refractivity contribution in [2.24, 2.45) is 0 Å². The van der Waals surface area contributed by atoms with Crippen LogP contribution in [0.1, 0.15) is 27.2 Å². The normalized spacial score (nSPS) is 11.6. The van der Waals surface area contributed by atoms with Crippen molar-refractivity contribution in [3.05, 3.63) is 82.8 Å². The number of carbonyl (C=O) groups is 1. The third-order valence-corrected chi connectivity index (χ3v) is 7.33. The molecule has 0 unspecified atom stereocenters. The summed E-state index contributed by atoms with van der Waals surface area (Å²) in [6.45, 7) is 1.94. The fourth-order valence-corrected chi connectivity index (χ4v) is 5.51. The van der Waals surface area contributed by atoms with Crippen LogP contribution in [0.25, 0.3) is 21.0 Å². The van der Waals surface area contributed by atoms with E-state index in [1.807, 2.05) is 37.3 Å². The number of aryl methyl sites for hydroxylation is 1. The number of nitrogens with zero attached hydrogens (tertiary/aromatic N) is 3. The van der Waals surface area contributed by atoms with Crippen LogP contribution in [0.4, 0.5) is 17.2 Å². The highest BCUT2D eigenvalue weighted by Gasteiger charge is 2.18. The lowest BCUT2D eigenvalue weighted by Crippen LogP contribution is -2.13. The standard InChI is InChI=1S/C25H22N6O3S2/c1-14-3-8-17-18(21(14)30-25(32)19-12-35-23-22(19)28-13-29-24(23)26)9-10-27-20(17)11-15-4-6-16(7-5-15)31-36(2,33)34/h3-10,12-13,31H,11H2,1-2H3,(H,30,32)(H2,26,28,29). The minimum Gasteiger partial charge on any atom is -0.382 e. The van der Waals surface area contributed by atoms with Gasteiger partial charge in [-0.25, -0.2) is 18.4 Å². The molecule has 11 heteroatoms. The number of carbonyl (C=O) groups excluding carboxylic acids is 1. The maximum absolute atomic E-state index is 13.2. The summed E-state index contributed by atoms with van der Waals surface area (Å²) in [6.07, 6.45) is 4.73. The molecule has 0 saturated heterocycles. The lowest BCUT2D eigenvalue weighted by molar-refractivity contribution is 0.102. The molecule has 2 aromatic carbocycles. The topological polar surface area (TPSA) is 140 Å². The summed E-state index contributed by atoms with van der Waals surface area (Å²) >= 11 is 1.34. The Morgan fingerprint density at radius 1 is 1.03 bits per heavy atom. The van der Waals surface area contributed by atoms with Gasteiger partial charge in [0.2, 0.25) is 10.0 Å². The number of benzene rings is 2. The number of rotatable bonds is 6. The van der Waals surface area contributed by atoms with Gasteiger partial charge in [-0.15, -0.1) is 11.3 Å². The van der Waals surface area contributed by atoms with Crippen molar-refractivity contribution in [2.45, 2.75) is 13.3 Å². The number of nitrogens with two attached hydrogens (primary N) is 1. The van der Waals surface area contributed by atoms with Crippen LogP contribution in [0.2, 0.25) is 0 Å². The number of pyridine rings is 1. The zero-order valence-corrected chi connectivity index (χ0v) is 21.1. The molecule has 0 aliphatic heterocycles. The van der Waals surface area contributed by atoms with Gasteiger partial charge < -0.3 is 11.1 Å². The summed E-state index contributed by atoms with van der Waals surface area (Å²) in [7, 11) is -3.34. The summed E-state index contributed by atoms with van der Waals surface area (Å²) in [5, 5.41) is 6.59. The van der Waals surface area contributed by atoms with E-state index in [1.54, 1.807) is 23.7 Å². The van der Waals surface area contributed by atoms with E-state index in [9.17, 15) is 13.2 Å². The molecule has 0 bridgehead atoms. The number of hydrogen-bond acceptors (Lipinski definition) is 8. The maximum Gasteiger partial charge on any atom is 0.258 e. The fraction of sp³-hybridized carbons (Fsp3) is 0.120. The molecular weight excluding hydrogens is 496 g/mol. The van der Waals surface area contributed by atoms with Gasteiger partial charge in [0.05, 0.1) is 33.4 Å². The number of thiophene rings is 1. The number of sulfonamides is 1. The average molecular weight is 519 g/mol. The molecule has 9 nitrogen and oxygen atoms in total. The Kier molecular flexibility index (Phi) is 6.02. The van der Waals surface area contributed by atoms with Crippen molar-refractivity contribution in [3.63, 3.8) is 0 Å². The van der Waals surface area contributed by atoms with Gasteiger partial charge in [0, 0.05) is 34.5 Å². The van der Waals surface area contributed by atoms with Gasteiger partial charge in [0.15, 0.2) is 0 Å². The zero-order chi connectivity index (χ0) is 25.4. The first-order valence-corrected chi connectivity index (χ1v) is 13.7. The first kappa shape index (κ1) is 23.6. The molecule has 3 heterocycles. The second kappa shape index (κ2) is 9.17. The molecule has 0 aliphatic rings. The van der Waals surface area contributed by atoms with E-state index in [0.29, 0.717) is 39.4 Å². The van der Waals surface area contributed by atoms with E-state index in [2.05, 4.69) is 25.0 Å². The van der Waals surface area contributed by atoms with Crippen molar-refractivity contribution >= 4 is 65.4 Å². The largest absolute Gasteiger partial charge is 0.382 e. The van der Waals surface area contributed by atoms with Crippen molar-refractivity contribution in [2.75, 3.05) is 22.0 Å². The Morgan fingerprint density at radius 2 is 1.81 bits per heavy atom. The lowest BCUT2D eigenvalue weighted by atomic mass is 10.00. The molecule has 0 aliphatic carbocycles. The fourth-order valence-electron chi connectivity index (χ4n) is 4.04. The predicted octanol–water partition coefficient (Wildman–Crippen LogP) is 4.34. The van der Waals surface area contributed by atoms with Crippen molar-refractivity contribution in [1.29, 1.82) is 0 Å². The van der Waals surface area contributed by atoms with Gasteiger partial charge in [-0.2, -0.15) is 0 Å². The van der Waals surface area contributed by atoms with Crippen LogP contribution in [0.3, 0.4) is 0 Å². The minimum absolute atomic E-state index is 0.276. The van der Waals surface area contributed by atoms with E-state index in [-0.39, 0.29) is 5.91 Å². The van der Waals surface area contributed by atoms with Crippen LogP contribution in [0.5, 0.6) is 0 Å². The quantitative estimate of drug-likeness (QED) is 0.304. The number of fused-ring (bicyclic) bond motifs is 2. The molecule has 0 atom stereocenters. The predicted molar refractivity (Wildman–Crippen MR) is 144 cm³/mol. The van der Waals surface area contributed by atoms with Gasteiger partial charge in [0.25, 0.3) is 5.91 Å². The molecule has 3 aromatic heterocycles. The van der Waals surface area contributed by atoms with Crippen LogP contribution in [-0.2, 0) is 16.4 Å². The Balaban J connectivity index is 1.46. The molecule has 5 aromatic rings. The number of nitrogen functional groups attached to an aromatic ring is 1. The molecule has 0 radical (unpaired) electrons. The lowest BCUT2D eigenvalue weighted by Gasteiger charge is -2.14. The van der Waals surface area contributed by atoms with Crippen LogP contribution in [0.15, 0.2) is 60.4 Å². The van der Waals surface area contributed by atoms with Gasteiger partial charge in [-0.05, 0) is 36.2 Å². The number of amides is 1. The molecule has 5 rings (SSSR count). The van der Waals surface area contributed by atoms with E-state index in [1.165, 1.54) is 17.7 Å². The average Bonchev–Trinajstić information content (AvgIpc) is 3.27. The number of hydrogen-bond donors (Lipinski definition) is 3. The van der Waals surface area contributed by atoms with E-state index < -0.39 is 10.0 Å². The summed E-state index contributed by atoms with van der Waals surface area (Å²) in [6, 6.07) is 13.0. The first-order chi connectivity index (χ1) is 17.2. The maximum atomic E-state index is 13.2. The molecule has 0 spiro atoms. The molecular formula is C25H22N6O3S2. The van der Waals surface area contributed by atoms with Gasteiger partial charge in [-0.1, -0.05) is 24.3 Å². The Labute approximate surface area is 211 Å². The monoisotopic (exact) mass is 518 g/mol. The first-order valence-electron chi connectivity index (χ1n) is 10.9. The molecule has 182 valence electrons. The zero-order valence-electron chi connectivity index (χ0n) is 19.4. The second-order valence-corrected chi connectivity index (χ2v) is 11.0. The third-order valence-electron chi connectivity index (χ3n) is 5.73. The van der Waals surface area contributed by atoms with Gasteiger partial charge in [-0.3, -0.25) is 14.5 Å². The number of nitrogens with one attached hydrogen (secondary N) is 2. The Bertz CT molecular complexity index is 1730. The molecule has 1 amide bonds. The second-order valence-electron chi connectivity index (χ2n) is 8.40. The van der Waals surface area contributed by atoms with E-state index in [0.717, 1.165) is 33.8 Å². The summed E-state index contributed by atoms with van der Waals surface area (Å²) in [5.41, 5.74) is 10.8. The molecule has 0 saturated carbocycles. The summed E-state index contributed by atoms with van der Waals surface area (Å²) in [4.78, 5) is 26.1. The van der Waals surface area contributed by atoms with E-state index >= 15 is 0 Å². The molecule has 4 N–H and O–H groups in total. The molecule has 0 fully saturated rings. The van der Waals surface area contributed by atoms with Crippen LogP contribution < -0.4 is 15.8 Å². The van der Waals surface area contributed by atoms with Crippen LogP contribution in [0, 0.1) is 6.92 Å². The highest BCUT2D eigenvalue weighted by atomic mass is 32.2. The summed E-state index contributed by atoms with van der Waals surface area (Å²) in [5.74, 6) is 0.0727. The van der Waals surface area contributed by atoms with Crippen molar-refractivity contribution in [3.8, 4) is 0 Å². The Hall–Kier alpha value is -4.09. The Morgan fingerprint density at radius 3 is 2.56 bits per heavy atom. The SMILES string of the molecule is Cc1ccc2c(Cc3ccc(NS(C)(=O)=O)cc3)nccc2c1NC(=O)c1csc2c(N)ncnc12. The third kappa shape index (κ3) is 4.70. The van der Waals surface area contributed by atoms with E-state index in [4.69, 9.17) is 5.73 Å². The van der Waals surface area contributed by atoms with Crippen LogP contribution >= 0.6 is 11.3 Å². The van der Waals surface area contributed by atoms with Gasteiger partial charge in [0.1, 0.15) is 12.1 Å². The smallest absolute Gasteiger partial charge is 0.258 e. The number of aromatic nitrogens is 3. The van der Waals surface area contributed by atoms with Gasteiger partial charge >= 0.3 is 0 Å². The summed E-state index contributed by atoms with van der Waals surface area (Å²) < 4.78 is 26.0. The molecule has 36 heavy (non-hydrogen) atoms. The van der Waals surface area contributed by atoms with Crippen LogP contribution in [-0.4, -0.2) is 35.5 Å². The van der Waals surface area contributed by atoms with Crippen molar-refractivity contribution in [1.82, 2.24) is 15.0 Å². The minimum atomic E-state index is -3.34. The van der Waals surface area contributed by atoms with Crippen molar-refractivity contribution < 1.29 is 13.2 Å². The highest BCUT2D eigenvalue weighted by molar-refractivity contribution is 7.92. The highest BCUT2D eigenvalue weighted by Crippen LogP contribution is 2.32. The number of anilines is 3.